The van der Waals surface area contributed by atoms with E-state index in [1.54, 1.807) is 25.1 Å². The van der Waals surface area contributed by atoms with Gasteiger partial charge in [0.1, 0.15) is 6.54 Å². The minimum Gasteiger partial charge on any atom is -0.332 e. The number of alkyl halides is 3. The number of para-hydroxylation sites is 3. The van der Waals surface area contributed by atoms with Gasteiger partial charge in [0.05, 0.1) is 33.3 Å². The maximum Gasteiger partial charge on any atom is 0.449 e. The van der Waals surface area contributed by atoms with Gasteiger partial charge in [-0.05, 0) is 31.2 Å². The highest BCUT2D eigenvalue weighted by Gasteiger charge is 2.38. The molecule has 0 unspecified atom stereocenters. The summed E-state index contributed by atoms with van der Waals surface area (Å²) in [5, 5.41) is 2.96. The third kappa shape index (κ3) is 5.11. The van der Waals surface area contributed by atoms with Crippen molar-refractivity contribution in [1.82, 2.24) is 14.5 Å². The first-order valence-corrected chi connectivity index (χ1v) is 9.91. The topological polar surface area (TPSA) is 67.2 Å². The number of anilines is 1. The molecule has 3 aromatic rings. The summed E-state index contributed by atoms with van der Waals surface area (Å²) in [5.41, 5.74) is 0.489. The molecule has 2 aromatic carbocycles. The average Bonchev–Trinajstić information content (AvgIpc) is 3.08. The van der Waals surface area contributed by atoms with Crippen molar-refractivity contribution in [3.05, 3.63) is 58.3 Å². The van der Waals surface area contributed by atoms with Gasteiger partial charge in [0.15, 0.2) is 0 Å². The number of hydrogen-bond acceptors (Lipinski definition) is 3. The van der Waals surface area contributed by atoms with E-state index < -0.39 is 30.4 Å². The number of amides is 2. The van der Waals surface area contributed by atoms with Crippen molar-refractivity contribution in [3.63, 3.8) is 0 Å². The fourth-order valence-corrected chi connectivity index (χ4v) is 3.53. The molecule has 164 valence electrons. The molecule has 2 amide bonds. The normalized spacial score (nSPS) is 11.5. The van der Waals surface area contributed by atoms with E-state index in [4.69, 9.17) is 23.2 Å². The summed E-state index contributed by atoms with van der Waals surface area (Å²) in [6, 6.07) is 10.7. The second-order valence-electron chi connectivity index (χ2n) is 6.56. The Labute approximate surface area is 185 Å². The smallest absolute Gasteiger partial charge is 0.332 e. The highest BCUT2D eigenvalue weighted by atomic mass is 35.5. The molecule has 11 heteroatoms. The van der Waals surface area contributed by atoms with Crippen molar-refractivity contribution < 1.29 is 22.8 Å². The van der Waals surface area contributed by atoms with Crippen molar-refractivity contribution in [1.29, 1.82) is 0 Å². The van der Waals surface area contributed by atoms with Crippen molar-refractivity contribution in [2.24, 2.45) is 0 Å². The second-order valence-corrected chi connectivity index (χ2v) is 7.38. The van der Waals surface area contributed by atoms with Crippen molar-refractivity contribution in [2.45, 2.75) is 19.6 Å². The molecule has 0 saturated carbocycles. The van der Waals surface area contributed by atoms with E-state index in [0.717, 1.165) is 9.47 Å². The summed E-state index contributed by atoms with van der Waals surface area (Å²) < 4.78 is 41.2. The SMILES string of the molecule is CCN(CC(=O)Nc1c(Cl)cccc1Cl)C(=O)Cn1c(C(F)(F)F)nc2ccccc21. The lowest BCUT2D eigenvalue weighted by Crippen LogP contribution is -2.40. The molecule has 3 rings (SSSR count). The molecule has 1 heterocycles. The number of rotatable bonds is 6. The number of carbonyl (C=O) groups excluding carboxylic acids is 2. The van der Waals surface area contributed by atoms with E-state index in [-0.39, 0.29) is 39.9 Å². The summed E-state index contributed by atoms with van der Waals surface area (Å²) in [5.74, 6) is -2.43. The molecule has 0 aliphatic carbocycles. The molecule has 0 fully saturated rings. The largest absolute Gasteiger partial charge is 0.449 e. The third-order valence-corrected chi connectivity index (χ3v) is 5.13. The number of hydrogen-bond donors (Lipinski definition) is 1. The van der Waals surface area contributed by atoms with Gasteiger partial charge in [-0.3, -0.25) is 9.59 Å². The molecule has 0 spiro atoms. The van der Waals surface area contributed by atoms with Gasteiger partial charge in [-0.2, -0.15) is 13.2 Å². The Morgan fingerprint density at radius 1 is 1.10 bits per heavy atom. The molecule has 31 heavy (non-hydrogen) atoms. The van der Waals surface area contributed by atoms with Crippen LogP contribution < -0.4 is 5.32 Å². The molecular formula is C20H17Cl2F3N4O2. The van der Waals surface area contributed by atoms with Crippen molar-refractivity contribution in [3.8, 4) is 0 Å². The Balaban J connectivity index is 1.80. The number of aromatic nitrogens is 2. The molecule has 0 aliphatic heterocycles. The number of halogens is 5. The first-order chi connectivity index (χ1) is 14.6. The lowest BCUT2D eigenvalue weighted by atomic mass is 10.3. The summed E-state index contributed by atoms with van der Waals surface area (Å²) in [4.78, 5) is 29.9. The molecule has 0 atom stereocenters. The van der Waals surface area contributed by atoms with Gasteiger partial charge >= 0.3 is 6.18 Å². The predicted molar refractivity (Wildman–Crippen MR) is 112 cm³/mol. The van der Waals surface area contributed by atoms with E-state index >= 15 is 0 Å². The number of carbonyl (C=O) groups is 2. The van der Waals surface area contributed by atoms with Crippen LogP contribution in [-0.4, -0.2) is 39.4 Å². The van der Waals surface area contributed by atoms with Gasteiger partial charge in [-0.25, -0.2) is 4.98 Å². The zero-order valence-corrected chi connectivity index (χ0v) is 17.7. The molecule has 0 radical (unpaired) electrons. The maximum atomic E-state index is 13.5. The van der Waals surface area contributed by atoms with E-state index in [0.29, 0.717) is 0 Å². The number of fused-ring (bicyclic) bond motifs is 1. The van der Waals surface area contributed by atoms with Crippen LogP contribution in [0.4, 0.5) is 18.9 Å². The van der Waals surface area contributed by atoms with E-state index in [1.807, 2.05) is 0 Å². The maximum absolute atomic E-state index is 13.5. The Morgan fingerprint density at radius 3 is 2.35 bits per heavy atom. The number of benzene rings is 2. The minimum absolute atomic E-state index is 0.108. The van der Waals surface area contributed by atoms with Crippen LogP contribution in [0.25, 0.3) is 11.0 Å². The Bertz CT molecular complexity index is 1110. The zero-order chi connectivity index (χ0) is 22.8. The van der Waals surface area contributed by atoms with Gasteiger partial charge in [0, 0.05) is 6.54 Å². The van der Waals surface area contributed by atoms with Gasteiger partial charge in [-0.1, -0.05) is 41.4 Å². The zero-order valence-electron chi connectivity index (χ0n) is 16.2. The number of likely N-dealkylation sites (N-methyl/N-ethyl adjacent to an activating group) is 1. The molecule has 0 saturated heterocycles. The van der Waals surface area contributed by atoms with Crippen LogP contribution in [0.5, 0.6) is 0 Å². The Kier molecular flexibility index (Phi) is 6.76. The Hall–Kier alpha value is -2.78. The lowest BCUT2D eigenvalue weighted by molar-refractivity contribution is -0.148. The van der Waals surface area contributed by atoms with Crippen molar-refractivity contribution >= 4 is 51.7 Å². The number of nitrogens with zero attached hydrogens (tertiary/aromatic N) is 3. The van der Waals surface area contributed by atoms with Gasteiger partial charge in [0.2, 0.25) is 17.6 Å². The first-order valence-electron chi connectivity index (χ1n) is 9.16. The average molecular weight is 473 g/mol. The standard InChI is InChI=1S/C20H17Cl2F3N4O2/c1-2-28(10-16(30)27-18-12(21)6-5-7-13(18)22)17(31)11-29-15-9-4-3-8-14(15)26-19(29)20(23,24)25/h3-9H,2,10-11H2,1H3,(H,27,30). The first kappa shape index (κ1) is 22.9. The van der Waals surface area contributed by atoms with Crippen LogP contribution in [0.2, 0.25) is 10.0 Å². The molecule has 0 bridgehead atoms. The highest BCUT2D eigenvalue weighted by molar-refractivity contribution is 6.39. The van der Waals surface area contributed by atoms with Gasteiger partial charge < -0.3 is 14.8 Å². The second kappa shape index (κ2) is 9.15. The summed E-state index contributed by atoms with van der Waals surface area (Å²) in [6.07, 6.45) is -4.74. The lowest BCUT2D eigenvalue weighted by Gasteiger charge is -2.22. The van der Waals surface area contributed by atoms with Crippen LogP contribution in [0.3, 0.4) is 0 Å². The summed E-state index contributed by atoms with van der Waals surface area (Å²) in [7, 11) is 0. The molecule has 1 aromatic heterocycles. The van der Waals surface area contributed by atoms with E-state index in [2.05, 4.69) is 10.3 Å². The molecular weight excluding hydrogens is 456 g/mol. The van der Waals surface area contributed by atoms with Gasteiger partial charge in [-0.15, -0.1) is 0 Å². The van der Waals surface area contributed by atoms with Crippen molar-refractivity contribution in [2.75, 3.05) is 18.4 Å². The van der Waals surface area contributed by atoms with Crippen LogP contribution in [-0.2, 0) is 22.3 Å². The minimum atomic E-state index is -4.74. The molecule has 1 N–H and O–H groups in total. The predicted octanol–water partition coefficient (Wildman–Crippen LogP) is 4.85. The number of nitrogens with one attached hydrogen (secondary N) is 1. The van der Waals surface area contributed by atoms with E-state index in [1.165, 1.54) is 24.3 Å². The van der Waals surface area contributed by atoms with Crippen LogP contribution in [0, 0.1) is 0 Å². The Morgan fingerprint density at radius 2 is 1.74 bits per heavy atom. The third-order valence-electron chi connectivity index (χ3n) is 4.50. The van der Waals surface area contributed by atoms with Crippen LogP contribution in [0.15, 0.2) is 42.5 Å². The van der Waals surface area contributed by atoms with E-state index in [9.17, 15) is 22.8 Å². The summed E-state index contributed by atoms with van der Waals surface area (Å²) in [6.45, 7) is 0.717. The molecule has 6 nitrogen and oxygen atoms in total. The van der Waals surface area contributed by atoms with Crippen LogP contribution in [0.1, 0.15) is 12.7 Å². The van der Waals surface area contributed by atoms with Crippen LogP contribution >= 0.6 is 23.2 Å². The quantitative estimate of drug-likeness (QED) is 0.557. The molecule has 0 aliphatic rings. The highest BCUT2D eigenvalue weighted by Crippen LogP contribution is 2.32. The number of imidazole rings is 1. The van der Waals surface area contributed by atoms with Gasteiger partial charge in [0.25, 0.3) is 0 Å². The summed E-state index contributed by atoms with van der Waals surface area (Å²) >= 11 is 12.0. The fourth-order valence-electron chi connectivity index (χ4n) is 3.03. The monoisotopic (exact) mass is 472 g/mol. The fraction of sp³-hybridized carbons (Fsp3) is 0.250.